The van der Waals surface area contributed by atoms with Crippen LogP contribution in [0.1, 0.15) is 36.4 Å². The Bertz CT molecular complexity index is 655. The summed E-state index contributed by atoms with van der Waals surface area (Å²) in [5.74, 6) is 0.797. The van der Waals surface area contributed by atoms with Crippen LogP contribution in [0.2, 0.25) is 0 Å². The van der Waals surface area contributed by atoms with Gasteiger partial charge in [0.15, 0.2) is 5.82 Å². The summed E-state index contributed by atoms with van der Waals surface area (Å²) in [6.45, 7) is 0.961. The third kappa shape index (κ3) is 3.95. The van der Waals surface area contributed by atoms with Gasteiger partial charge in [0.2, 0.25) is 5.95 Å². The van der Waals surface area contributed by atoms with Crippen molar-refractivity contribution in [3.63, 3.8) is 0 Å². The molecule has 1 aliphatic heterocycles. The SMILES string of the molecule is FC(F)(F)c1ccnc(NCCc2noc([C@H]3CCCO3)n2)n1. The molecule has 3 heterocycles. The number of nitrogens with one attached hydrogen (secondary N) is 1. The van der Waals surface area contributed by atoms with E-state index in [0.29, 0.717) is 24.7 Å². The average Bonchev–Trinajstić information content (AvgIpc) is 3.18. The fourth-order valence-corrected chi connectivity index (χ4v) is 2.16. The van der Waals surface area contributed by atoms with Gasteiger partial charge in [-0.25, -0.2) is 9.97 Å². The topological polar surface area (TPSA) is 86.0 Å². The Morgan fingerprint density at radius 3 is 2.91 bits per heavy atom. The van der Waals surface area contributed by atoms with Gasteiger partial charge in [-0.2, -0.15) is 18.2 Å². The van der Waals surface area contributed by atoms with Crippen molar-refractivity contribution < 1.29 is 22.4 Å². The smallest absolute Gasteiger partial charge is 0.368 e. The Morgan fingerprint density at radius 1 is 1.30 bits per heavy atom. The summed E-state index contributed by atoms with van der Waals surface area (Å²) in [5, 5.41) is 6.53. The van der Waals surface area contributed by atoms with Crippen LogP contribution in [0.3, 0.4) is 0 Å². The first kappa shape index (κ1) is 15.7. The van der Waals surface area contributed by atoms with Crippen LogP contribution in [-0.2, 0) is 17.3 Å². The summed E-state index contributed by atoms with van der Waals surface area (Å²) >= 11 is 0. The number of nitrogens with zero attached hydrogens (tertiary/aromatic N) is 4. The number of rotatable bonds is 5. The molecule has 1 aliphatic rings. The maximum Gasteiger partial charge on any atom is 0.433 e. The number of aromatic nitrogens is 4. The van der Waals surface area contributed by atoms with E-state index in [1.807, 2.05) is 0 Å². The molecule has 1 atom stereocenters. The van der Waals surface area contributed by atoms with E-state index in [4.69, 9.17) is 9.26 Å². The van der Waals surface area contributed by atoms with Crippen LogP contribution >= 0.6 is 0 Å². The zero-order chi connectivity index (χ0) is 16.3. The largest absolute Gasteiger partial charge is 0.433 e. The number of halogens is 3. The lowest BCUT2D eigenvalue weighted by molar-refractivity contribution is -0.141. The number of hydrogen-bond acceptors (Lipinski definition) is 7. The van der Waals surface area contributed by atoms with E-state index in [1.54, 1.807) is 0 Å². The summed E-state index contributed by atoms with van der Waals surface area (Å²) in [6.07, 6.45) is -1.42. The molecule has 0 bridgehead atoms. The molecule has 124 valence electrons. The predicted octanol–water partition coefficient (Wildman–Crippen LogP) is 2.38. The fraction of sp³-hybridized carbons (Fsp3) is 0.538. The highest BCUT2D eigenvalue weighted by atomic mass is 19.4. The summed E-state index contributed by atoms with van der Waals surface area (Å²) in [7, 11) is 0. The predicted molar refractivity (Wildman–Crippen MR) is 71.5 cm³/mol. The minimum atomic E-state index is -4.50. The molecule has 1 saturated heterocycles. The summed E-state index contributed by atoms with van der Waals surface area (Å²) in [5.41, 5.74) is -0.991. The first-order chi connectivity index (χ1) is 11.0. The lowest BCUT2D eigenvalue weighted by Crippen LogP contribution is -2.13. The minimum absolute atomic E-state index is 0.0948. The molecule has 2 aromatic rings. The van der Waals surface area contributed by atoms with E-state index in [2.05, 4.69) is 25.4 Å². The normalized spacial score (nSPS) is 18.3. The van der Waals surface area contributed by atoms with Gasteiger partial charge < -0.3 is 14.6 Å². The Morgan fingerprint density at radius 2 is 2.17 bits per heavy atom. The Hall–Kier alpha value is -2.23. The highest BCUT2D eigenvalue weighted by Gasteiger charge is 2.32. The Labute approximate surface area is 129 Å². The van der Waals surface area contributed by atoms with Crippen LogP contribution in [0.25, 0.3) is 0 Å². The molecule has 0 spiro atoms. The van der Waals surface area contributed by atoms with Crippen molar-refractivity contribution in [3.05, 3.63) is 29.7 Å². The van der Waals surface area contributed by atoms with Crippen molar-refractivity contribution in [1.29, 1.82) is 0 Å². The van der Waals surface area contributed by atoms with Gasteiger partial charge in [-0.15, -0.1) is 0 Å². The molecule has 23 heavy (non-hydrogen) atoms. The van der Waals surface area contributed by atoms with Crippen LogP contribution in [0.4, 0.5) is 19.1 Å². The molecule has 3 rings (SSSR count). The fourth-order valence-electron chi connectivity index (χ4n) is 2.16. The zero-order valence-corrected chi connectivity index (χ0v) is 12.0. The van der Waals surface area contributed by atoms with E-state index in [-0.39, 0.29) is 18.6 Å². The van der Waals surface area contributed by atoms with E-state index in [9.17, 15) is 13.2 Å². The quantitative estimate of drug-likeness (QED) is 0.901. The molecule has 2 aromatic heterocycles. The second-order valence-electron chi connectivity index (χ2n) is 4.99. The monoisotopic (exact) mass is 329 g/mol. The number of ether oxygens (including phenoxy) is 1. The van der Waals surface area contributed by atoms with Crippen molar-refractivity contribution in [1.82, 2.24) is 20.1 Å². The number of anilines is 1. The van der Waals surface area contributed by atoms with Crippen LogP contribution < -0.4 is 5.32 Å². The van der Waals surface area contributed by atoms with E-state index < -0.39 is 11.9 Å². The Kier molecular flexibility index (Phi) is 4.42. The summed E-state index contributed by atoms with van der Waals surface area (Å²) in [6, 6.07) is 0.818. The lowest BCUT2D eigenvalue weighted by Gasteiger charge is -2.07. The van der Waals surface area contributed by atoms with Gasteiger partial charge in [-0.1, -0.05) is 5.16 Å². The summed E-state index contributed by atoms with van der Waals surface area (Å²) < 4.78 is 48.2. The van der Waals surface area contributed by atoms with Crippen LogP contribution in [0.5, 0.6) is 0 Å². The number of alkyl halides is 3. The molecule has 0 radical (unpaired) electrons. The molecule has 1 N–H and O–H groups in total. The van der Waals surface area contributed by atoms with Crippen molar-refractivity contribution in [3.8, 4) is 0 Å². The molecule has 7 nitrogen and oxygen atoms in total. The van der Waals surface area contributed by atoms with Crippen molar-refractivity contribution >= 4 is 5.95 Å². The van der Waals surface area contributed by atoms with Gasteiger partial charge in [0.25, 0.3) is 5.89 Å². The lowest BCUT2D eigenvalue weighted by atomic mass is 10.2. The van der Waals surface area contributed by atoms with Gasteiger partial charge in [-0.05, 0) is 18.9 Å². The zero-order valence-electron chi connectivity index (χ0n) is 12.0. The molecular formula is C13H14F3N5O2. The minimum Gasteiger partial charge on any atom is -0.368 e. The van der Waals surface area contributed by atoms with E-state index >= 15 is 0 Å². The standard InChI is InChI=1S/C13H14F3N5O2/c14-13(15,16)9-3-5-17-12(19-9)18-6-4-10-20-11(23-21-10)8-2-1-7-22-8/h3,5,8H,1-2,4,6-7H2,(H,17,18,19)/t8-/m1/s1. The van der Waals surface area contributed by atoms with Crippen molar-refractivity contribution in [2.75, 3.05) is 18.5 Å². The molecule has 0 aliphatic carbocycles. The maximum atomic E-state index is 12.5. The van der Waals surface area contributed by atoms with Gasteiger partial charge in [0.1, 0.15) is 11.8 Å². The second-order valence-corrected chi connectivity index (χ2v) is 4.99. The molecule has 0 unspecified atom stereocenters. The van der Waals surface area contributed by atoms with Crippen molar-refractivity contribution in [2.45, 2.75) is 31.5 Å². The molecule has 10 heteroatoms. The maximum absolute atomic E-state index is 12.5. The summed E-state index contributed by atoms with van der Waals surface area (Å²) in [4.78, 5) is 11.4. The molecular weight excluding hydrogens is 315 g/mol. The van der Waals surface area contributed by atoms with Gasteiger partial charge in [0.05, 0.1) is 0 Å². The third-order valence-corrected chi connectivity index (χ3v) is 3.27. The van der Waals surface area contributed by atoms with Crippen LogP contribution in [-0.4, -0.2) is 33.3 Å². The first-order valence-corrected chi connectivity index (χ1v) is 7.10. The highest BCUT2D eigenvalue weighted by molar-refractivity contribution is 5.26. The van der Waals surface area contributed by atoms with Gasteiger partial charge >= 0.3 is 6.18 Å². The van der Waals surface area contributed by atoms with Gasteiger partial charge in [0, 0.05) is 25.8 Å². The molecule has 0 saturated carbocycles. The second kappa shape index (κ2) is 6.49. The van der Waals surface area contributed by atoms with Gasteiger partial charge in [-0.3, -0.25) is 0 Å². The third-order valence-electron chi connectivity index (χ3n) is 3.27. The number of hydrogen-bond donors (Lipinski definition) is 1. The molecule has 0 amide bonds. The average molecular weight is 329 g/mol. The first-order valence-electron chi connectivity index (χ1n) is 7.10. The molecule has 1 fully saturated rings. The highest BCUT2D eigenvalue weighted by Crippen LogP contribution is 2.28. The van der Waals surface area contributed by atoms with E-state index in [1.165, 1.54) is 0 Å². The van der Waals surface area contributed by atoms with Crippen LogP contribution in [0, 0.1) is 0 Å². The van der Waals surface area contributed by atoms with Crippen molar-refractivity contribution in [2.24, 2.45) is 0 Å². The van der Waals surface area contributed by atoms with Crippen LogP contribution in [0.15, 0.2) is 16.8 Å². The van der Waals surface area contributed by atoms with E-state index in [0.717, 1.165) is 25.1 Å². The molecule has 0 aromatic carbocycles. The Balaban J connectivity index is 1.53.